The monoisotopic (exact) mass is 602 g/mol. The smallest absolute Gasteiger partial charge is 0.350 e. The number of amides is 1. The van der Waals surface area contributed by atoms with Crippen molar-refractivity contribution in [3.05, 3.63) is 27.8 Å². The Kier molecular flexibility index (Phi) is 9.36. The largest absolute Gasteiger partial charge is 0.465 e. The van der Waals surface area contributed by atoms with Gasteiger partial charge in [0.15, 0.2) is 5.03 Å². The van der Waals surface area contributed by atoms with Crippen molar-refractivity contribution >= 4 is 38.9 Å². The van der Waals surface area contributed by atoms with E-state index in [1.807, 2.05) is 26.8 Å². The number of piperidine rings is 1. The number of ether oxygens (including phenoxy) is 1. The van der Waals surface area contributed by atoms with Crippen molar-refractivity contribution in [2.75, 3.05) is 25.1 Å². The van der Waals surface area contributed by atoms with Gasteiger partial charge in [0.25, 0.3) is 10.0 Å². The highest BCUT2D eigenvalue weighted by Gasteiger charge is 2.39. The van der Waals surface area contributed by atoms with Gasteiger partial charge in [0.05, 0.1) is 17.7 Å². The molecular formula is C30H42N4O5S2. The number of aryl methyl sites for hydroxylation is 2. The number of carbonyl (C=O) groups is 2. The molecule has 1 amide bonds. The van der Waals surface area contributed by atoms with E-state index in [0.717, 1.165) is 25.7 Å². The van der Waals surface area contributed by atoms with Crippen molar-refractivity contribution in [3.8, 4) is 11.8 Å². The van der Waals surface area contributed by atoms with E-state index in [0.29, 0.717) is 40.0 Å². The molecule has 11 heteroatoms. The zero-order valence-electron chi connectivity index (χ0n) is 25.2. The van der Waals surface area contributed by atoms with Gasteiger partial charge >= 0.3 is 5.97 Å². The molecule has 9 nitrogen and oxygen atoms in total. The molecule has 2 aromatic rings. The fraction of sp³-hybridized carbons (Fsp3) is 0.633. The molecule has 2 fully saturated rings. The molecule has 1 saturated heterocycles. The van der Waals surface area contributed by atoms with Crippen LogP contribution in [0.1, 0.15) is 86.6 Å². The van der Waals surface area contributed by atoms with Crippen LogP contribution in [0.5, 0.6) is 0 Å². The molecule has 41 heavy (non-hydrogen) atoms. The van der Waals surface area contributed by atoms with E-state index in [-0.39, 0.29) is 41.4 Å². The van der Waals surface area contributed by atoms with Crippen LogP contribution < -0.4 is 4.90 Å². The normalized spacial score (nSPS) is 20.8. The fourth-order valence-electron chi connectivity index (χ4n) is 5.43. The summed E-state index contributed by atoms with van der Waals surface area (Å²) in [4.78, 5) is 34.2. The van der Waals surface area contributed by atoms with Crippen molar-refractivity contribution in [2.45, 2.75) is 84.2 Å². The number of imidazole rings is 1. The summed E-state index contributed by atoms with van der Waals surface area (Å²) in [5.74, 6) is 6.96. The van der Waals surface area contributed by atoms with Gasteiger partial charge in [-0.05, 0) is 78.2 Å². The summed E-state index contributed by atoms with van der Waals surface area (Å²) in [5.41, 5.74) is 0.291. The zero-order valence-corrected chi connectivity index (χ0v) is 26.8. The van der Waals surface area contributed by atoms with Gasteiger partial charge in [-0.3, -0.25) is 4.79 Å². The van der Waals surface area contributed by atoms with E-state index in [9.17, 15) is 18.0 Å². The summed E-state index contributed by atoms with van der Waals surface area (Å²) in [7, 11) is -0.656. The van der Waals surface area contributed by atoms with Gasteiger partial charge in [-0.1, -0.05) is 18.8 Å². The van der Waals surface area contributed by atoms with Gasteiger partial charge in [-0.2, -0.15) is 4.31 Å². The van der Waals surface area contributed by atoms with Crippen LogP contribution in [0, 0.1) is 36.0 Å². The molecule has 0 spiro atoms. The summed E-state index contributed by atoms with van der Waals surface area (Å²) in [6.45, 7) is 10.5. The molecule has 1 aliphatic carbocycles. The predicted molar refractivity (Wildman–Crippen MR) is 160 cm³/mol. The average Bonchev–Trinajstić information content (AvgIpc) is 3.50. The van der Waals surface area contributed by atoms with Crippen molar-refractivity contribution < 1.29 is 22.7 Å². The van der Waals surface area contributed by atoms with Crippen LogP contribution in [0.15, 0.2) is 17.3 Å². The van der Waals surface area contributed by atoms with Gasteiger partial charge in [-0.25, -0.2) is 18.2 Å². The number of hydrogen-bond acceptors (Lipinski definition) is 7. The number of nitrogens with zero attached hydrogens (tertiary/aromatic N) is 4. The lowest BCUT2D eigenvalue weighted by Gasteiger charge is -2.40. The Morgan fingerprint density at radius 1 is 1.12 bits per heavy atom. The van der Waals surface area contributed by atoms with E-state index >= 15 is 0 Å². The molecule has 0 radical (unpaired) electrons. The number of methoxy groups -OCH3 is 1. The van der Waals surface area contributed by atoms with E-state index in [2.05, 4.69) is 23.7 Å². The number of sulfonamides is 1. The summed E-state index contributed by atoms with van der Waals surface area (Å²) in [6, 6.07) is 1.57. The number of thiophene rings is 1. The lowest BCUT2D eigenvalue weighted by atomic mass is 9.82. The highest BCUT2D eigenvalue weighted by molar-refractivity contribution is 7.89. The van der Waals surface area contributed by atoms with Gasteiger partial charge in [0.1, 0.15) is 10.7 Å². The van der Waals surface area contributed by atoms with Crippen LogP contribution in [0.4, 0.5) is 5.69 Å². The third-order valence-electron chi connectivity index (χ3n) is 7.99. The second-order valence-electron chi connectivity index (χ2n) is 12.4. The molecule has 0 aromatic carbocycles. The number of carbonyl (C=O) groups excluding carboxylic acids is 2. The van der Waals surface area contributed by atoms with E-state index in [4.69, 9.17) is 4.74 Å². The van der Waals surface area contributed by atoms with E-state index < -0.39 is 16.0 Å². The first kappa shape index (κ1) is 31.3. The number of rotatable bonds is 6. The second-order valence-corrected chi connectivity index (χ2v) is 15.3. The number of hydrogen-bond donors (Lipinski definition) is 0. The first-order valence-electron chi connectivity index (χ1n) is 14.3. The highest BCUT2D eigenvalue weighted by Crippen LogP contribution is 2.38. The number of anilines is 1. The molecule has 0 N–H and O–H groups in total. The molecule has 0 atom stereocenters. The van der Waals surface area contributed by atoms with Crippen molar-refractivity contribution in [2.24, 2.45) is 24.3 Å². The van der Waals surface area contributed by atoms with Gasteiger partial charge in [0, 0.05) is 43.7 Å². The summed E-state index contributed by atoms with van der Waals surface area (Å²) in [6.07, 6.45) is 6.00. The molecule has 1 aliphatic heterocycles. The first-order chi connectivity index (χ1) is 19.2. The minimum Gasteiger partial charge on any atom is -0.465 e. The molecule has 2 aliphatic rings. The van der Waals surface area contributed by atoms with Crippen molar-refractivity contribution in [1.82, 2.24) is 13.9 Å². The number of aromatic nitrogens is 2. The Balaban J connectivity index is 1.68. The zero-order chi connectivity index (χ0) is 30.1. The summed E-state index contributed by atoms with van der Waals surface area (Å²) >= 11 is 1.24. The van der Waals surface area contributed by atoms with Crippen molar-refractivity contribution in [1.29, 1.82) is 0 Å². The van der Waals surface area contributed by atoms with Gasteiger partial charge < -0.3 is 14.2 Å². The average molecular weight is 603 g/mol. The minimum absolute atomic E-state index is 0.00292. The molecule has 4 rings (SSSR count). The van der Waals surface area contributed by atoms with Crippen LogP contribution in [0.25, 0.3) is 0 Å². The number of esters is 1. The van der Waals surface area contributed by atoms with E-state index in [1.54, 1.807) is 23.4 Å². The highest BCUT2D eigenvalue weighted by atomic mass is 32.2. The maximum atomic E-state index is 14.2. The molecule has 3 heterocycles. The molecule has 2 aromatic heterocycles. The van der Waals surface area contributed by atoms with Gasteiger partial charge in [-0.15, -0.1) is 11.3 Å². The van der Waals surface area contributed by atoms with Crippen LogP contribution in [-0.2, 0) is 26.6 Å². The Morgan fingerprint density at radius 3 is 2.29 bits per heavy atom. The Hall–Kier alpha value is -2.68. The Labute approximate surface area is 248 Å². The molecular weight excluding hydrogens is 560 g/mol. The fourth-order valence-corrected chi connectivity index (χ4v) is 7.85. The van der Waals surface area contributed by atoms with Gasteiger partial charge in [0.2, 0.25) is 5.91 Å². The molecule has 0 bridgehead atoms. The molecule has 1 saturated carbocycles. The summed E-state index contributed by atoms with van der Waals surface area (Å²) < 4.78 is 35.0. The molecule has 224 valence electrons. The topological polar surface area (TPSA) is 102 Å². The maximum Gasteiger partial charge on any atom is 0.350 e. The lowest BCUT2D eigenvalue weighted by molar-refractivity contribution is -0.124. The Morgan fingerprint density at radius 2 is 1.76 bits per heavy atom. The maximum absolute atomic E-state index is 14.2. The lowest BCUT2D eigenvalue weighted by Crippen LogP contribution is -2.51. The van der Waals surface area contributed by atoms with E-state index in [1.165, 1.54) is 28.9 Å². The summed E-state index contributed by atoms with van der Waals surface area (Å²) in [5, 5.41) is 0.0353. The minimum atomic E-state index is -3.76. The quantitative estimate of drug-likeness (QED) is 0.341. The van der Waals surface area contributed by atoms with Crippen LogP contribution in [0.2, 0.25) is 0 Å². The predicted octanol–water partition coefficient (Wildman–Crippen LogP) is 4.99. The second kappa shape index (κ2) is 12.3. The van der Waals surface area contributed by atoms with Crippen LogP contribution in [-0.4, -0.2) is 60.4 Å². The van der Waals surface area contributed by atoms with Crippen molar-refractivity contribution in [3.63, 3.8) is 0 Å². The van der Waals surface area contributed by atoms with Crippen LogP contribution in [0.3, 0.4) is 0 Å². The van der Waals surface area contributed by atoms with Crippen LogP contribution >= 0.6 is 11.3 Å². The third kappa shape index (κ3) is 7.04. The standard InChI is InChI=1S/C30H42N4O5S2/c1-20-8-10-22(11-9-20)28(35)34(25-18-24(12-15-30(3,4)5)40-27(25)29(36)39-7)23-13-16-33(17-14-23)41(37,38)26-19-32(6)21(2)31-26/h18-20,22-23H,8-11,13-14,16-17H2,1-7H3. The SMILES string of the molecule is COC(=O)c1sc(C#CC(C)(C)C)cc1N(C(=O)C1CCC(C)CC1)C1CCN(S(=O)(=O)c2cn(C)c(C)n2)CC1. The first-order valence-corrected chi connectivity index (χ1v) is 16.6. The third-order valence-corrected chi connectivity index (χ3v) is 10.8. The molecule has 0 unspecified atom stereocenters. The Bertz CT molecular complexity index is 1420.